The van der Waals surface area contributed by atoms with Gasteiger partial charge in [0.1, 0.15) is 5.82 Å². The Hall–Kier alpha value is -2.14. The first-order valence-electron chi connectivity index (χ1n) is 5.31. The lowest BCUT2D eigenvalue weighted by atomic mass is 10.3. The van der Waals surface area contributed by atoms with Crippen molar-refractivity contribution in [2.24, 2.45) is 0 Å². The Morgan fingerprint density at radius 2 is 2.00 bits per heavy atom. The van der Waals surface area contributed by atoms with E-state index in [0.717, 1.165) is 10.2 Å². The van der Waals surface area contributed by atoms with Crippen LogP contribution in [0.1, 0.15) is 0 Å². The Bertz CT molecular complexity index is 678. The molecule has 3 aromatic rings. The van der Waals surface area contributed by atoms with Gasteiger partial charge in [-0.3, -0.25) is 0 Å². The van der Waals surface area contributed by atoms with Crippen LogP contribution < -0.4 is 10.5 Å². The maximum atomic E-state index is 13.1. The fourth-order valence-corrected chi connectivity index (χ4v) is 2.41. The molecular formula is C13H9FN2OS. The highest BCUT2D eigenvalue weighted by molar-refractivity contribution is 7.20. The summed E-state index contributed by atoms with van der Waals surface area (Å²) in [5.74, 6) is -0.102. The van der Waals surface area contributed by atoms with E-state index in [0.29, 0.717) is 10.9 Å². The number of nitrogens with two attached hydrogens (primary N) is 1. The van der Waals surface area contributed by atoms with Crippen molar-refractivity contribution in [2.45, 2.75) is 0 Å². The molecule has 2 N–H and O–H groups in total. The summed E-state index contributed by atoms with van der Waals surface area (Å²) < 4.78 is 19.6. The molecule has 0 atom stereocenters. The minimum atomic E-state index is -0.389. The van der Waals surface area contributed by atoms with Gasteiger partial charge in [-0.2, -0.15) is 0 Å². The van der Waals surface area contributed by atoms with Crippen LogP contribution >= 0.6 is 11.3 Å². The molecule has 0 fully saturated rings. The Morgan fingerprint density at radius 1 is 1.17 bits per heavy atom. The number of rotatable bonds is 2. The summed E-state index contributed by atoms with van der Waals surface area (Å²) in [5, 5.41) is 0.452. The summed E-state index contributed by atoms with van der Waals surface area (Å²) in [6.45, 7) is 0. The smallest absolute Gasteiger partial charge is 0.279 e. The second kappa shape index (κ2) is 4.27. The predicted molar refractivity (Wildman–Crippen MR) is 70.5 cm³/mol. The number of halogens is 1. The number of hydrogen-bond acceptors (Lipinski definition) is 4. The molecule has 1 heterocycles. The number of thiazole rings is 1. The number of aromatic nitrogens is 1. The molecule has 0 aliphatic heterocycles. The van der Waals surface area contributed by atoms with E-state index in [-0.39, 0.29) is 11.6 Å². The predicted octanol–water partition coefficient (Wildman–Crippen LogP) is 3.81. The van der Waals surface area contributed by atoms with Gasteiger partial charge in [-0.25, -0.2) is 9.37 Å². The fraction of sp³-hybridized carbons (Fsp3) is 0. The molecule has 0 bridgehead atoms. The standard InChI is InChI=1S/C13H9FN2OS/c14-8-5-6-9(15)11(7-8)17-13-16-10-3-1-2-4-12(10)18-13/h1-7H,15H2. The van der Waals surface area contributed by atoms with Crippen LogP contribution in [-0.4, -0.2) is 4.98 Å². The molecule has 3 rings (SSSR count). The molecular weight excluding hydrogens is 251 g/mol. The summed E-state index contributed by atoms with van der Waals surface area (Å²) in [6.07, 6.45) is 0. The van der Waals surface area contributed by atoms with Crippen LogP contribution in [0.3, 0.4) is 0 Å². The molecule has 2 aromatic carbocycles. The number of nitrogen functional groups attached to an aromatic ring is 1. The van der Waals surface area contributed by atoms with Crippen LogP contribution in [0.5, 0.6) is 10.9 Å². The molecule has 0 saturated heterocycles. The average Bonchev–Trinajstić information content (AvgIpc) is 2.76. The van der Waals surface area contributed by atoms with Gasteiger partial charge in [0.15, 0.2) is 5.75 Å². The van der Waals surface area contributed by atoms with Gasteiger partial charge in [0.2, 0.25) is 0 Å². The van der Waals surface area contributed by atoms with E-state index < -0.39 is 0 Å². The van der Waals surface area contributed by atoms with Gasteiger partial charge in [0, 0.05) is 6.07 Å². The number of fused-ring (bicyclic) bond motifs is 1. The van der Waals surface area contributed by atoms with E-state index in [1.54, 1.807) is 0 Å². The number of anilines is 1. The molecule has 1 aromatic heterocycles. The van der Waals surface area contributed by atoms with Gasteiger partial charge in [0.25, 0.3) is 5.19 Å². The van der Waals surface area contributed by atoms with Crippen LogP contribution in [0.15, 0.2) is 42.5 Å². The third-order valence-corrected chi connectivity index (χ3v) is 3.36. The van der Waals surface area contributed by atoms with Crippen molar-refractivity contribution in [3.05, 3.63) is 48.3 Å². The summed E-state index contributed by atoms with van der Waals surface area (Å²) in [4.78, 5) is 4.30. The molecule has 0 aliphatic rings. The number of nitrogens with zero attached hydrogens (tertiary/aromatic N) is 1. The second-order valence-electron chi connectivity index (χ2n) is 3.73. The number of para-hydroxylation sites is 1. The molecule has 0 saturated carbocycles. The number of ether oxygens (including phenoxy) is 1. The van der Waals surface area contributed by atoms with E-state index in [9.17, 15) is 4.39 Å². The number of benzene rings is 2. The lowest BCUT2D eigenvalue weighted by Crippen LogP contribution is -1.92. The van der Waals surface area contributed by atoms with Crippen molar-refractivity contribution < 1.29 is 9.13 Å². The maximum absolute atomic E-state index is 13.1. The number of hydrogen-bond donors (Lipinski definition) is 1. The zero-order chi connectivity index (χ0) is 12.5. The van der Waals surface area contributed by atoms with Gasteiger partial charge in [-0.1, -0.05) is 23.5 Å². The van der Waals surface area contributed by atoms with E-state index in [2.05, 4.69) is 4.98 Å². The highest BCUT2D eigenvalue weighted by Gasteiger charge is 2.08. The van der Waals surface area contributed by atoms with E-state index in [1.807, 2.05) is 24.3 Å². The summed E-state index contributed by atoms with van der Waals surface area (Å²) in [5.41, 5.74) is 6.96. The zero-order valence-electron chi connectivity index (χ0n) is 9.26. The molecule has 0 amide bonds. The quantitative estimate of drug-likeness (QED) is 0.713. The van der Waals surface area contributed by atoms with Crippen molar-refractivity contribution >= 4 is 27.2 Å². The van der Waals surface area contributed by atoms with Crippen LogP contribution in [0.4, 0.5) is 10.1 Å². The van der Waals surface area contributed by atoms with E-state index in [1.165, 1.54) is 29.5 Å². The highest BCUT2D eigenvalue weighted by Crippen LogP contribution is 2.33. The fourth-order valence-electron chi connectivity index (χ4n) is 1.59. The lowest BCUT2D eigenvalue weighted by molar-refractivity contribution is 0.477. The Morgan fingerprint density at radius 3 is 2.83 bits per heavy atom. The molecule has 0 radical (unpaired) electrons. The van der Waals surface area contributed by atoms with Gasteiger partial charge >= 0.3 is 0 Å². The summed E-state index contributed by atoms with van der Waals surface area (Å²) in [6, 6.07) is 11.7. The summed E-state index contributed by atoms with van der Waals surface area (Å²) >= 11 is 1.40. The van der Waals surface area contributed by atoms with Gasteiger partial charge in [-0.15, -0.1) is 0 Å². The molecule has 18 heavy (non-hydrogen) atoms. The molecule has 0 spiro atoms. The monoisotopic (exact) mass is 260 g/mol. The minimum Gasteiger partial charge on any atom is -0.429 e. The summed E-state index contributed by atoms with van der Waals surface area (Å²) in [7, 11) is 0. The van der Waals surface area contributed by atoms with Crippen molar-refractivity contribution in [2.75, 3.05) is 5.73 Å². The third-order valence-electron chi connectivity index (χ3n) is 2.45. The van der Waals surface area contributed by atoms with Gasteiger partial charge in [0.05, 0.1) is 15.9 Å². The third kappa shape index (κ3) is 2.00. The molecule has 90 valence electrons. The van der Waals surface area contributed by atoms with Crippen molar-refractivity contribution in [1.29, 1.82) is 0 Å². The lowest BCUT2D eigenvalue weighted by Gasteiger charge is -2.04. The normalized spacial score (nSPS) is 10.7. The SMILES string of the molecule is Nc1ccc(F)cc1Oc1nc2ccccc2s1. The first-order valence-corrected chi connectivity index (χ1v) is 6.12. The Labute approximate surface area is 107 Å². The minimum absolute atomic E-state index is 0.286. The van der Waals surface area contributed by atoms with Crippen LogP contribution in [0, 0.1) is 5.82 Å². The molecule has 0 aliphatic carbocycles. The highest BCUT2D eigenvalue weighted by atomic mass is 32.1. The Kier molecular flexibility index (Phi) is 2.60. The van der Waals surface area contributed by atoms with Crippen LogP contribution in [0.2, 0.25) is 0 Å². The average molecular weight is 260 g/mol. The van der Waals surface area contributed by atoms with Gasteiger partial charge < -0.3 is 10.5 Å². The molecule has 0 unspecified atom stereocenters. The maximum Gasteiger partial charge on any atom is 0.279 e. The van der Waals surface area contributed by atoms with Crippen molar-refractivity contribution in [3.63, 3.8) is 0 Å². The first-order chi connectivity index (χ1) is 8.72. The second-order valence-corrected chi connectivity index (χ2v) is 4.72. The van der Waals surface area contributed by atoms with Crippen molar-refractivity contribution in [3.8, 4) is 10.9 Å². The zero-order valence-corrected chi connectivity index (χ0v) is 10.1. The van der Waals surface area contributed by atoms with Gasteiger partial charge in [-0.05, 0) is 24.3 Å². The topological polar surface area (TPSA) is 48.1 Å². The van der Waals surface area contributed by atoms with E-state index >= 15 is 0 Å². The largest absolute Gasteiger partial charge is 0.429 e. The van der Waals surface area contributed by atoms with Crippen LogP contribution in [-0.2, 0) is 0 Å². The Balaban J connectivity index is 1.98. The van der Waals surface area contributed by atoms with Crippen molar-refractivity contribution in [1.82, 2.24) is 4.98 Å². The first kappa shape index (κ1) is 11.0. The van der Waals surface area contributed by atoms with Crippen LogP contribution in [0.25, 0.3) is 10.2 Å². The molecule has 5 heteroatoms. The van der Waals surface area contributed by atoms with E-state index in [4.69, 9.17) is 10.5 Å². The molecule has 3 nitrogen and oxygen atoms in total.